The molecule has 0 radical (unpaired) electrons. The zero-order chi connectivity index (χ0) is 26.1. The van der Waals surface area contributed by atoms with Crippen molar-refractivity contribution in [2.24, 2.45) is 5.10 Å². The van der Waals surface area contributed by atoms with Gasteiger partial charge in [0.2, 0.25) is 0 Å². The maximum Gasteiger partial charge on any atom is 0.339 e. The second kappa shape index (κ2) is 10.1. The van der Waals surface area contributed by atoms with Gasteiger partial charge in [-0.2, -0.15) is 5.10 Å². The van der Waals surface area contributed by atoms with E-state index in [1.807, 2.05) is 78.9 Å². The molecule has 1 unspecified atom stereocenters. The Morgan fingerprint density at radius 1 is 0.947 bits per heavy atom. The average molecular weight is 506 g/mol. The maximum absolute atomic E-state index is 13.5. The molecule has 7 heteroatoms. The van der Waals surface area contributed by atoms with E-state index < -0.39 is 12.6 Å². The van der Waals surface area contributed by atoms with Crippen LogP contribution in [-0.2, 0) is 22.4 Å². The van der Waals surface area contributed by atoms with Crippen LogP contribution in [0.3, 0.4) is 0 Å². The summed E-state index contributed by atoms with van der Waals surface area (Å²) < 4.78 is 10.9. The van der Waals surface area contributed by atoms with Gasteiger partial charge in [0.05, 0.1) is 29.9 Å². The topological polar surface area (TPSA) is 81.1 Å². The van der Waals surface area contributed by atoms with Gasteiger partial charge in [-0.15, -0.1) is 0 Å². The van der Waals surface area contributed by atoms with Crippen LogP contribution in [0, 0.1) is 0 Å². The van der Waals surface area contributed by atoms with Crippen molar-refractivity contribution in [3.63, 3.8) is 0 Å². The Labute approximate surface area is 220 Å². The van der Waals surface area contributed by atoms with E-state index in [0.717, 1.165) is 64.0 Å². The number of aryl methyl sites for hydroxylation is 1. The second-order valence-corrected chi connectivity index (χ2v) is 9.50. The largest absolute Gasteiger partial charge is 0.497 e. The summed E-state index contributed by atoms with van der Waals surface area (Å²) in [5.41, 5.74) is 5.86. The highest BCUT2D eigenvalue weighted by molar-refractivity contribution is 6.06. The summed E-state index contributed by atoms with van der Waals surface area (Å²) in [6.45, 7) is -0.400. The fourth-order valence-electron chi connectivity index (χ4n) is 5.34. The molecular weight excluding hydrogens is 478 g/mol. The SMILES string of the molecule is COc1ccc(C2CC(c3ccccc3)=NN2C(=O)COC(=O)c2c3c(nc4ccccc24)CCC3)cc1. The number of ether oxygens (including phenoxy) is 2. The molecule has 3 aromatic carbocycles. The van der Waals surface area contributed by atoms with Gasteiger partial charge in [0.25, 0.3) is 5.91 Å². The van der Waals surface area contributed by atoms with Gasteiger partial charge < -0.3 is 9.47 Å². The van der Waals surface area contributed by atoms with E-state index in [2.05, 4.69) is 5.10 Å². The third-order valence-electron chi connectivity index (χ3n) is 7.22. The molecule has 0 N–H and O–H groups in total. The van der Waals surface area contributed by atoms with Gasteiger partial charge in [0.1, 0.15) is 5.75 Å². The fourth-order valence-corrected chi connectivity index (χ4v) is 5.34. The standard InChI is InChI=1S/C31H27N3O4/c1-37-22-16-14-21(15-17-22)28-18-27(20-8-3-2-4-9-20)33-34(28)29(35)19-38-31(36)30-23-10-5-6-12-25(23)32-26-13-7-11-24(26)30/h2-6,8-10,12,14-17,28H,7,11,13,18-19H2,1H3. The van der Waals surface area contributed by atoms with Gasteiger partial charge in [-0.3, -0.25) is 9.78 Å². The smallest absolute Gasteiger partial charge is 0.339 e. The maximum atomic E-state index is 13.5. The van der Waals surface area contributed by atoms with Crippen molar-refractivity contribution in [1.82, 2.24) is 9.99 Å². The van der Waals surface area contributed by atoms with Gasteiger partial charge in [-0.1, -0.05) is 60.7 Å². The number of hydrazone groups is 1. The Hall–Kier alpha value is -4.52. The zero-order valence-corrected chi connectivity index (χ0v) is 21.1. The predicted octanol–water partition coefficient (Wildman–Crippen LogP) is 5.27. The molecule has 2 aliphatic rings. The molecule has 7 nitrogen and oxygen atoms in total. The molecule has 1 aromatic heterocycles. The predicted molar refractivity (Wildman–Crippen MR) is 144 cm³/mol. The average Bonchev–Trinajstić information content (AvgIpc) is 3.62. The van der Waals surface area contributed by atoms with Crippen LogP contribution in [0.2, 0.25) is 0 Å². The minimum atomic E-state index is -0.498. The number of rotatable bonds is 6. The van der Waals surface area contributed by atoms with E-state index in [1.54, 1.807) is 7.11 Å². The molecule has 190 valence electrons. The first kappa shape index (κ1) is 23.9. The number of carbonyl (C=O) groups excluding carboxylic acids is 2. The summed E-state index contributed by atoms with van der Waals surface area (Å²) in [6.07, 6.45) is 3.13. The van der Waals surface area contributed by atoms with Gasteiger partial charge in [-0.05, 0) is 54.2 Å². The van der Waals surface area contributed by atoms with E-state index in [1.165, 1.54) is 5.01 Å². The Balaban J connectivity index is 1.27. The fraction of sp³-hybridized carbons (Fsp3) is 0.226. The second-order valence-electron chi connectivity index (χ2n) is 9.50. The highest BCUT2D eigenvalue weighted by atomic mass is 16.5. The first-order chi connectivity index (χ1) is 18.6. The van der Waals surface area contributed by atoms with Crippen molar-refractivity contribution in [3.8, 4) is 5.75 Å². The van der Waals surface area contributed by atoms with E-state index in [0.29, 0.717) is 12.0 Å². The normalized spacial score (nSPS) is 16.3. The van der Waals surface area contributed by atoms with Crippen LogP contribution in [-0.4, -0.2) is 41.3 Å². The summed E-state index contributed by atoms with van der Waals surface area (Å²) >= 11 is 0. The Morgan fingerprint density at radius 3 is 2.50 bits per heavy atom. The molecule has 1 atom stereocenters. The minimum absolute atomic E-state index is 0.312. The van der Waals surface area contributed by atoms with Crippen molar-refractivity contribution < 1.29 is 19.1 Å². The highest BCUT2D eigenvalue weighted by Gasteiger charge is 2.34. The van der Waals surface area contributed by atoms with Crippen LogP contribution in [0.4, 0.5) is 0 Å². The third-order valence-corrected chi connectivity index (χ3v) is 7.22. The molecule has 2 heterocycles. The lowest BCUT2D eigenvalue weighted by Crippen LogP contribution is -2.31. The number of benzene rings is 3. The molecule has 38 heavy (non-hydrogen) atoms. The Kier molecular flexibility index (Phi) is 6.33. The van der Waals surface area contributed by atoms with Crippen LogP contribution in [0.5, 0.6) is 5.75 Å². The van der Waals surface area contributed by atoms with E-state index in [9.17, 15) is 9.59 Å². The monoisotopic (exact) mass is 505 g/mol. The van der Waals surface area contributed by atoms with Crippen molar-refractivity contribution in [2.45, 2.75) is 31.7 Å². The Bertz CT molecular complexity index is 1550. The number of hydrogen-bond donors (Lipinski definition) is 0. The zero-order valence-electron chi connectivity index (χ0n) is 21.1. The molecular formula is C31H27N3O4. The number of nitrogens with zero attached hydrogens (tertiary/aromatic N) is 3. The van der Waals surface area contributed by atoms with Crippen LogP contribution in [0.15, 0.2) is 84.0 Å². The number of para-hydroxylation sites is 1. The van der Waals surface area contributed by atoms with Gasteiger partial charge in [-0.25, -0.2) is 9.80 Å². The number of esters is 1. The Morgan fingerprint density at radius 2 is 1.71 bits per heavy atom. The van der Waals surface area contributed by atoms with Crippen molar-refractivity contribution in [2.75, 3.05) is 13.7 Å². The molecule has 1 aliphatic carbocycles. The summed E-state index contributed by atoms with van der Waals surface area (Å²) in [5.74, 6) is -0.137. The van der Waals surface area contributed by atoms with Gasteiger partial charge >= 0.3 is 5.97 Å². The van der Waals surface area contributed by atoms with Crippen LogP contribution in [0.25, 0.3) is 10.9 Å². The number of carbonyl (C=O) groups is 2. The van der Waals surface area contributed by atoms with Gasteiger partial charge in [0.15, 0.2) is 6.61 Å². The third kappa shape index (κ3) is 4.41. The number of fused-ring (bicyclic) bond motifs is 2. The molecule has 6 rings (SSSR count). The van der Waals surface area contributed by atoms with Crippen LogP contribution < -0.4 is 4.74 Å². The van der Waals surface area contributed by atoms with Crippen molar-refractivity contribution in [3.05, 3.63) is 107 Å². The molecule has 1 aliphatic heterocycles. The van der Waals surface area contributed by atoms with E-state index in [4.69, 9.17) is 14.5 Å². The van der Waals surface area contributed by atoms with E-state index >= 15 is 0 Å². The lowest BCUT2D eigenvalue weighted by Gasteiger charge is -2.22. The first-order valence-corrected chi connectivity index (χ1v) is 12.8. The first-order valence-electron chi connectivity index (χ1n) is 12.8. The van der Waals surface area contributed by atoms with Crippen molar-refractivity contribution >= 4 is 28.5 Å². The molecule has 0 bridgehead atoms. The quantitative estimate of drug-likeness (QED) is 0.334. The number of methoxy groups -OCH3 is 1. The molecule has 0 saturated heterocycles. The lowest BCUT2D eigenvalue weighted by molar-refractivity contribution is -0.136. The lowest BCUT2D eigenvalue weighted by atomic mass is 9.98. The molecule has 0 spiro atoms. The molecule has 0 saturated carbocycles. The minimum Gasteiger partial charge on any atom is -0.497 e. The van der Waals surface area contributed by atoms with Gasteiger partial charge in [0, 0.05) is 17.5 Å². The van der Waals surface area contributed by atoms with Crippen LogP contribution in [0.1, 0.15) is 51.6 Å². The number of aromatic nitrogens is 1. The highest BCUT2D eigenvalue weighted by Crippen LogP contribution is 2.34. The number of pyridine rings is 1. The molecule has 1 amide bonds. The number of hydrogen-bond acceptors (Lipinski definition) is 6. The molecule has 0 fully saturated rings. The molecule has 4 aromatic rings. The van der Waals surface area contributed by atoms with Crippen LogP contribution >= 0.6 is 0 Å². The van der Waals surface area contributed by atoms with Crippen molar-refractivity contribution in [1.29, 1.82) is 0 Å². The summed E-state index contributed by atoms with van der Waals surface area (Å²) in [7, 11) is 1.62. The number of amides is 1. The summed E-state index contributed by atoms with van der Waals surface area (Å²) in [6, 6.07) is 24.7. The summed E-state index contributed by atoms with van der Waals surface area (Å²) in [4.78, 5) is 31.6. The summed E-state index contributed by atoms with van der Waals surface area (Å²) in [5, 5.41) is 6.89. The van der Waals surface area contributed by atoms with E-state index in [-0.39, 0.29) is 11.9 Å².